The van der Waals surface area contributed by atoms with Gasteiger partial charge in [0.1, 0.15) is 0 Å². The fraction of sp³-hybridized carbons (Fsp3) is 0.0714. The van der Waals surface area contributed by atoms with Gasteiger partial charge in [0, 0.05) is 746 Å². The van der Waals surface area contributed by atoms with E-state index in [9.17, 15) is 0 Å². The van der Waals surface area contributed by atoms with Gasteiger partial charge in [-0.15, -0.1) is 0 Å². The third-order valence-electron chi connectivity index (χ3n) is 19.4. The van der Waals surface area contributed by atoms with E-state index in [1.807, 2.05) is 45.0 Å². The minimum atomic E-state index is 0. The van der Waals surface area contributed by atoms with Crippen molar-refractivity contribution in [3.63, 3.8) is 0 Å². The normalized spacial score (nSPS) is 8.23. The molecule has 3 nitrogen and oxygen atoms in total. The van der Waals surface area contributed by atoms with Gasteiger partial charge in [-0.1, -0.05) is 306 Å². The third-order valence-corrected chi connectivity index (χ3v) is 19.4. The average molecular weight is 3460 g/mol. The summed E-state index contributed by atoms with van der Waals surface area (Å²) in [6.45, 7) is 14.6. The smallest absolute Gasteiger partial charge is 0.0619 e. The van der Waals surface area contributed by atoms with Crippen molar-refractivity contribution >= 4 is 65.4 Å². The van der Waals surface area contributed by atoms with E-state index in [2.05, 4.69) is 381 Å². The molecule has 0 atom stereocenters. The molecule has 15 aromatic carbocycles. The summed E-state index contributed by atoms with van der Waals surface area (Å²) in [5.74, 6) is 0. The zero-order valence-corrected chi connectivity index (χ0v) is 143. The zero-order chi connectivity index (χ0) is 69.2. The maximum Gasteiger partial charge on any atom is 0.0619 e. The van der Waals surface area contributed by atoms with Gasteiger partial charge in [0.25, 0.3) is 0 Å². The number of hydrogen-bond acceptors (Lipinski definition) is 0. The Bertz CT molecular complexity index is 5830. The van der Waals surface area contributed by atoms with Crippen molar-refractivity contribution in [1.29, 1.82) is 0 Å². The van der Waals surface area contributed by atoms with Crippen LogP contribution >= 0.6 is 0 Å². The topological polar surface area (TPSA) is 14.8 Å². The van der Waals surface area contributed by atoms with Gasteiger partial charge in [-0.3, -0.25) is 0 Å². The Morgan fingerprint density at radius 3 is 0.735 bits per heavy atom. The zero-order valence-electron chi connectivity index (χ0n) is 84.4. The number of para-hydroxylation sites is 9. The van der Waals surface area contributed by atoms with Gasteiger partial charge in [-0.05, 0) is 144 Å². The summed E-state index contributed by atoms with van der Waals surface area (Å²) >= 11 is 0. The number of hydrogen-bond donors (Lipinski definition) is 0. The van der Waals surface area contributed by atoms with E-state index >= 15 is 0 Å². The first-order chi connectivity index (χ1) is 49.8. The molecule has 0 saturated carbocycles. The molecule has 0 spiro atoms. The van der Waals surface area contributed by atoms with Crippen molar-refractivity contribution in [3.8, 4) is 61.6 Å². The number of fused-ring (bicyclic) bond motifs is 17. The van der Waals surface area contributed by atoms with Crippen LogP contribution in [0.25, 0.3) is 127 Å². The van der Waals surface area contributed by atoms with Crippen LogP contribution in [-0.2, 0) is 661 Å². The van der Waals surface area contributed by atoms with E-state index in [-0.39, 0.29) is 795 Å². The number of rotatable bonds is 3. The number of benzene rings is 15. The Hall–Kier alpha value is 11.0. The molecule has 1 aliphatic carbocycles. The van der Waals surface area contributed by atoms with Crippen molar-refractivity contribution in [2.75, 3.05) is 0 Å². The molecule has 675 valence electrons. The summed E-state index contributed by atoms with van der Waals surface area (Å²) in [6.07, 6.45) is 1.10. The van der Waals surface area contributed by atoms with E-state index in [0.717, 1.165) is 6.42 Å². The van der Waals surface area contributed by atoms with Crippen molar-refractivity contribution in [2.45, 2.75) is 54.9 Å². The van der Waals surface area contributed by atoms with Crippen LogP contribution in [0.3, 0.4) is 0 Å². The van der Waals surface area contributed by atoms with Gasteiger partial charge >= 0.3 is 0 Å². The Labute approximate surface area is 1360 Å². The van der Waals surface area contributed by atoms with Crippen LogP contribution in [0.4, 0.5) is 0 Å². The second-order valence-corrected chi connectivity index (χ2v) is 25.6. The first kappa shape index (κ1) is 201. The molecule has 0 unspecified atom stereocenters. The second kappa shape index (κ2) is 105. The SMILES string of the molecule is CC.Cc1[c-]cccc1.Cc1ccccc1-c1ccccc1-n1c2ccccc2c2ccccc21.Cc1ccccc1-n1c2ccccc2c2ccccc21.Cc1ccccc1C.[CH3-].[CH3-].[CH3-].[CH3-].[CH3-].[CH3-].[CH3-].[CH3-].[CH3-].[CH3-].[CH3-].[CH3-].[CH3-].[CH3-].[Tm].[Y].[Y].[Y].[Y].[Y].[Y].[Y].[Y].[Y].[Y].[Y].[Y].[Y].[Y].[Y].[Y].[Y].[Y].[Y].[Y].c1ccc2c(c1)-c1ccccc1-n1c3ccccc3c3cccc-2c31.c1ccc2c(c1)Cc1ccccc1-2. The number of aryl methyl sites for hydroxylation is 5. The van der Waals surface area contributed by atoms with Crippen molar-refractivity contribution in [1.82, 2.24) is 13.7 Å². The molecule has 21 radical (unpaired) electrons. The Morgan fingerprint density at radius 1 is 0.184 bits per heavy atom. The molecule has 18 aromatic rings. The molecule has 2 aliphatic rings. The van der Waals surface area contributed by atoms with Crippen LogP contribution in [0, 0.1) is 182 Å². The van der Waals surface area contributed by atoms with Gasteiger partial charge < -0.3 is 118 Å². The minimum Gasteiger partial charge on any atom is -0.358 e. The predicted molar refractivity (Wildman–Crippen MR) is 523 cm³/mol. The van der Waals surface area contributed by atoms with E-state index in [1.165, 1.54) is 166 Å². The van der Waals surface area contributed by atoms with E-state index in [4.69, 9.17) is 0 Å². The average Bonchev–Trinajstić information content (AvgIpc) is 1.51. The number of aromatic nitrogens is 3. The van der Waals surface area contributed by atoms with E-state index in [1.54, 1.807) is 0 Å². The molecule has 3 aromatic heterocycles. The maximum atomic E-state index is 3.03. The van der Waals surface area contributed by atoms with Crippen LogP contribution < -0.4 is 0 Å². The molecule has 20 rings (SSSR count). The minimum absolute atomic E-state index is 0. The molecule has 1 aliphatic heterocycles. The molecule has 136 heavy (non-hydrogen) atoms. The monoisotopic (exact) mass is 3460 g/mol. The van der Waals surface area contributed by atoms with Crippen LogP contribution in [0.15, 0.2) is 358 Å². The molecule has 0 bridgehead atoms. The molecule has 0 N–H and O–H groups in total. The second-order valence-electron chi connectivity index (χ2n) is 25.6. The first-order valence-corrected chi connectivity index (χ1v) is 35.3. The molecular formula is C112H124N3TmY20-15. The van der Waals surface area contributed by atoms with Crippen molar-refractivity contribution in [3.05, 3.63) is 507 Å². The predicted octanol–water partition coefficient (Wildman–Crippen LogP) is 32.9. The van der Waals surface area contributed by atoms with E-state index < -0.39 is 0 Å². The Morgan fingerprint density at radius 2 is 0.412 bits per heavy atom. The van der Waals surface area contributed by atoms with Crippen molar-refractivity contribution in [2.24, 2.45) is 0 Å². The van der Waals surface area contributed by atoms with Gasteiger partial charge in [0.2, 0.25) is 0 Å². The summed E-state index contributed by atoms with van der Waals surface area (Å²) in [5.41, 5.74) is 31.3. The molecule has 0 fully saturated rings. The molecule has 0 saturated heterocycles. The quantitative estimate of drug-likeness (QED) is 0.157. The van der Waals surface area contributed by atoms with Gasteiger partial charge in [-0.2, -0.15) is 35.9 Å². The molecule has 0 amide bonds. The maximum absolute atomic E-state index is 3.03. The standard InChI is InChI=1S/C25H19N.C24H15N.C19H15N.C13H10.C8H10.C7H7.C2H6.14CH3.Tm.20Y/c1-18-10-2-3-11-19(18)20-12-4-7-15-23(20)26-24-16-8-5-13-21(24)22-14-6-9-17-25(22)26;1-2-9-17-16(8-1)18-10-3-5-14-22(18)25-23-15-6-4-11-19(23)21-13-7-12-20(17)24(21)25;1-14-8-2-5-11-17(14)20-18-12-6-3-9-15(18)16-10-4-7-13-19(16)20;1-3-7-12-10(5-1)9-11-6-2-4-8-13(11)12;1-7-5-3-4-6-8(7)2;1-7-5-3-2-4-6-7;1-2;;;;;;;;;;;;;;;;;;;;;;;;;;;;;;;;;;;/h2-17H,1H3;1-15H;2-13H,1H3;1-8H,9H2;3-6H,1-2H3;2-5H,1H3;1-2H3;14*1H3;;;;;;;;;;;;;;;;;;;;;/q;;;;;-1;;14*-1;;;;;;;;;;;;;;;;;;;;;. The van der Waals surface area contributed by atoms with Crippen LogP contribution in [0.1, 0.15) is 52.8 Å². The molecule has 24 heteroatoms. The summed E-state index contributed by atoms with van der Waals surface area (Å²) in [7, 11) is 0. The molecular weight excluding hydrogens is 3330 g/mol. The van der Waals surface area contributed by atoms with Gasteiger partial charge in [-0.25, -0.2) is 0 Å². The summed E-state index contributed by atoms with van der Waals surface area (Å²) in [6, 6.07) is 130. The third kappa shape index (κ3) is 50.5. The number of nitrogens with zero attached hydrogens (tertiary/aromatic N) is 3. The summed E-state index contributed by atoms with van der Waals surface area (Å²) in [5, 5.41) is 7.84. The van der Waals surface area contributed by atoms with E-state index in [0.29, 0.717) is 0 Å². The molecule has 4 heterocycles. The summed E-state index contributed by atoms with van der Waals surface area (Å²) in [4.78, 5) is 0. The first-order valence-electron chi connectivity index (χ1n) is 35.3. The van der Waals surface area contributed by atoms with Gasteiger partial charge in [0.05, 0.1) is 44.5 Å². The van der Waals surface area contributed by atoms with Crippen LogP contribution in [0.2, 0.25) is 0 Å². The van der Waals surface area contributed by atoms with Crippen LogP contribution in [0.5, 0.6) is 0 Å². The van der Waals surface area contributed by atoms with Crippen LogP contribution in [-0.4, -0.2) is 13.7 Å². The summed E-state index contributed by atoms with van der Waals surface area (Å²) < 4.78 is 7.20. The fourth-order valence-corrected chi connectivity index (χ4v) is 14.5. The Balaban J connectivity index is -0.0000000563. The Kier molecular flexibility index (Phi) is 155. The largest absolute Gasteiger partial charge is 0.358 e. The van der Waals surface area contributed by atoms with Crippen molar-refractivity contribution < 1.29 is 691 Å². The fourth-order valence-electron chi connectivity index (χ4n) is 14.5. The van der Waals surface area contributed by atoms with Gasteiger partial charge in [0.15, 0.2) is 0 Å².